The fourth-order valence-electron chi connectivity index (χ4n) is 3.65. The minimum absolute atomic E-state index is 0.109. The molecule has 1 N–H and O–H groups in total. The van der Waals surface area contributed by atoms with Gasteiger partial charge in [0.05, 0.1) is 11.3 Å². The number of hydrogen-bond donors (Lipinski definition) is 1. The molecule has 1 atom stereocenters. The van der Waals surface area contributed by atoms with E-state index in [4.69, 9.17) is 9.84 Å². The SMILES string of the molecule is CC(C)C(OC(=O)c1ccc(N2C(=O)C3=C(CCCC3)C2=O)cc1)C(F)(F)C(=O)O. The molecule has 0 saturated heterocycles. The largest absolute Gasteiger partial charge is 0.477 e. The normalized spacial score (nSPS) is 18.0. The van der Waals surface area contributed by atoms with Gasteiger partial charge in [-0.05, 0) is 55.9 Å². The van der Waals surface area contributed by atoms with Gasteiger partial charge in [0.1, 0.15) is 0 Å². The van der Waals surface area contributed by atoms with Crippen molar-refractivity contribution in [2.75, 3.05) is 4.90 Å². The fraction of sp³-hybridized carbons (Fsp3) is 0.429. The first-order valence-corrected chi connectivity index (χ1v) is 9.58. The van der Waals surface area contributed by atoms with Crippen molar-refractivity contribution in [2.45, 2.75) is 51.6 Å². The van der Waals surface area contributed by atoms with Crippen molar-refractivity contribution < 1.29 is 37.8 Å². The topological polar surface area (TPSA) is 101 Å². The number of carbonyl (C=O) groups excluding carboxylic acids is 3. The van der Waals surface area contributed by atoms with Crippen molar-refractivity contribution >= 4 is 29.4 Å². The van der Waals surface area contributed by atoms with Crippen molar-refractivity contribution in [3.63, 3.8) is 0 Å². The van der Waals surface area contributed by atoms with Gasteiger partial charge in [0.2, 0.25) is 0 Å². The van der Waals surface area contributed by atoms with Crippen LogP contribution in [-0.4, -0.2) is 40.9 Å². The van der Waals surface area contributed by atoms with E-state index in [0.29, 0.717) is 24.0 Å². The molecular weight excluding hydrogens is 400 g/mol. The molecule has 30 heavy (non-hydrogen) atoms. The summed E-state index contributed by atoms with van der Waals surface area (Å²) in [5.41, 5.74) is 1.19. The number of rotatable bonds is 6. The first-order chi connectivity index (χ1) is 14.1. The van der Waals surface area contributed by atoms with E-state index in [1.54, 1.807) is 0 Å². The molecule has 1 aromatic rings. The lowest BCUT2D eigenvalue weighted by Crippen LogP contribution is -2.47. The molecule has 2 aliphatic rings. The van der Waals surface area contributed by atoms with Gasteiger partial charge in [-0.3, -0.25) is 9.59 Å². The summed E-state index contributed by atoms with van der Waals surface area (Å²) in [5, 5.41) is 8.72. The number of nitrogens with zero attached hydrogens (tertiary/aromatic N) is 1. The highest BCUT2D eigenvalue weighted by molar-refractivity contribution is 6.33. The molecule has 1 aromatic carbocycles. The fourth-order valence-corrected chi connectivity index (χ4v) is 3.65. The lowest BCUT2D eigenvalue weighted by Gasteiger charge is -2.26. The number of anilines is 1. The summed E-state index contributed by atoms with van der Waals surface area (Å²) < 4.78 is 32.5. The van der Waals surface area contributed by atoms with E-state index in [9.17, 15) is 28.0 Å². The summed E-state index contributed by atoms with van der Waals surface area (Å²) in [5.74, 6) is -9.47. The zero-order chi connectivity index (χ0) is 22.2. The molecule has 0 radical (unpaired) electrons. The number of benzene rings is 1. The van der Waals surface area contributed by atoms with E-state index >= 15 is 0 Å². The summed E-state index contributed by atoms with van der Waals surface area (Å²) >= 11 is 0. The zero-order valence-electron chi connectivity index (χ0n) is 16.5. The van der Waals surface area contributed by atoms with E-state index in [-0.39, 0.29) is 23.1 Å². The van der Waals surface area contributed by atoms with Crippen LogP contribution in [0.1, 0.15) is 49.9 Å². The molecule has 0 saturated carbocycles. The number of alkyl halides is 2. The highest BCUT2D eigenvalue weighted by Gasteiger charge is 2.51. The maximum absolute atomic E-state index is 13.9. The van der Waals surface area contributed by atoms with Crippen LogP contribution in [0.3, 0.4) is 0 Å². The lowest BCUT2D eigenvalue weighted by molar-refractivity contribution is -0.187. The third-order valence-corrected chi connectivity index (χ3v) is 5.23. The smallest absolute Gasteiger partial charge is 0.378 e. The van der Waals surface area contributed by atoms with Crippen LogP contribution in [0.15, 0.2) is 35.4 Å². The van der Waals surface area contributed by atoms with E-state index in [2.05, 4.69) is 0 Å². The molecule has 0 fully saturated rings. The Morgan fingerprint density at radius 3 is 1.97 bits per heavy atom. The van der Waals surface area contributed by atoms with Gasteiger partial charge in [-0.15, -0.1) is 0 Å². The number of carboxylic acids is 1. The van der Waals surface area contributed by atoms with Crippen molar-refractivity contribution in [1.82, 2.24) is 0 Å². The van der Waals surface area contributed by atoms with Crippen molar-refractivity contribution in [2.24, 2.45) is 5.92 Å². The van der Waals surface area contributed by atoms with Gasteiger partial charge >= 0.3 is 17.9 Å². The van der Waals surface area contributed by atoms with Crippen LogP contribution in [-0.2, 0) is 19.1 Å². The number of amides is 2. The summed E-state index contributed by atoms with van der Waals surface area (Å²) in [6.45, 7) is 2.63. The van der Waals surface area contributed by atoms with Gasteiger partial charge < -0.3 is 9.84 Å². The Bertz CT molecular complexity index is 907. The number of aliphatic carboxylic acids is 1. The van der Waals surface area contributed by atoms with E-state index in [1.807, 2.05) is 0 Å². The molecule has 1 aliphatic heterocycles. The molecule has 2 amide bonds. The second-order valence-electron chi connectivity index (χ2n) is 7.65. The Balaban J connectivity index is 1.77. The van der Waals surface area contributed by atoms with Gasteiger partial charge in [0.25, 0.3) is 11.8 Å². The number of imide groups is 1. The quantitative estimate of drug-likeness (QED) is 0.559. The molecule has 0 spiro atoms. The summed E-state index contributed by atoms with van der Waals surface area (Å²) in [7, 11) is 0. The van der Waals surface area contributed by atoms with Gasteiger partial charge in [0.15, 0.2) is 6.10 Å². The summed E-state index contributed by atoms with van der Waals surface area (Å²) in [6, 6.07) is 5.19. The van der Waals surface area contributed by atoms with Crippen molar-refractivity contribution in [3.8, 4) is 0 Å². The number of carboxylic acid groups (broad SMARTS) is 1. The third kappa shape index (κ3) is 3.71. The van der Waals surface area contributed by atoms with Gasteiger partial charge in [-0.2, -0.15) is 8.78 Å². The van der Waals surface area contributed by atoms with Crippen LogP contribution in [0, 0.1) is 5.92 Å². The van der Waals surface area contributed by atoms with Gasteiger partial charge in [0, 0.05) is 11.1 Å². The highest BCUT2D eigenvalue weighted by Crippen LogP contribution is 2.36. The number of hydrogen-bond acceptors (Lipinski definition) is 5. The molecule has 1 aliphatic carbocycles. The van der Waals surface area contributed by atoms with Crippen LogP contribution in [0.2, 0.25) is 0 Å². The second kappa shape index (κ2) is 7.97. The molecule has 3 rings (SSSR count). The third-order valence-electron chi connectivity index (χ3n) is 5.23. The molecule has 9 heteroatoms. The lowest BCUT2D eigenvalue weighted by atomic mass is 9.93. The molecule has 1 unspecified atom stereocenters. The van der Waals surface area contributed by atoms with Gasteiger partial charge in [-0.25, -0.2) is 14.5 Å². The predicted octanol–water partition coefficient (Wildman–Crippen LogP) is 3.33. The van der Waals surface area contributed by atoms with Crippen molar-refractivity contribution in [1.29, 1.82) is 0 Å². The van der Waals surface area contributed by atoms with Crippen LogP contribution in [0.25, 0.3) is 0 Å². The van der Waals surface area contributed by atoms with Gasteiger partial charge in [-0.1, -0.05) is 13.8 Å². The van der Waals surface area contributed by atoms with Crippen LogP contribution >= 0.6 is 0 Å². The first-order valence-electron chi connectivity index (χ1n) is 9.58. The Hall–Kier alpha value is -3.10. The maximum atomic E-state index is 13.9. The molecule has 0 aromatic heterocycles. The van der Waals surface area contributed by atoms with E-state index in [1.165, 1.54) is 38.1 Å². The molecular formula is C21H21F2NO6. The zero-order valence-corrected chi connectivity index (χ0v) is 16.5. The first kappa shape index (κ1) is 21.6. The second-order valence-corrected chi connectivity index (χ2v) is 7.65. The average molecular weight is 421 g/mol. The van der Waals surface area contributed by atoms with E-state index < -0.39 is 29.9 Å². The Morgan fingerprint density at radius 2 is 1.53 bits per heavy atom. The Kier molecular flexibility index (Phi) is 5.74. The van der Waals surface area contributed by atoms with Crippen LogP contribution in [0.5, 0.6) is 0 Å². The summed E-state index contributed by atoms with van der Waals surface area (Å²) in [6.07, 6.45) is 0.632. The standard InChI is InChI=1S/C21H21F2NO6/c1-11(2)16(21(22,23)20(28)29)30-19(27)12-7-9-13(10-8-12)24-17(25)14-5-3-4-6-15(14)18(24)26/h7-11,16H,3-6H2,1-2H3,(H,28,29). The Morgan fingerprint density at radius 1 is 1.03 bits per heavy atom. The number of carbonyl (C=O) groups is 4. The molecule has 7 nitrogen and oxygen atoms in total. The maximum Gasteiger partial charge on any atom is 0.378 e. The number of halogens is 2. The Labute approximate surface area is 171 Å². The molecule has 1 heterocycles. The van der Waals surface area contributed by atoms with E-state index in [0.717, 1.165) is 17.7 Å². The minimum atomic E-state index is -4.25. The van der Waals surface area contributed by atoms with Crippen molar-refractivity contribution in [3.05, 3.63) is 41.0 Å². The highest BCUT2D eigenvalue weighted by atomic mass is 19.3. The van der Waals surface area contributed by atoms with Crippen LogP contribution in [0.4, 0.5) is 14.5 Å². The number of ether oxygens (including phenoxy) is 1. The van der Waals surface area contributed by atoms with Crippen LogP contribution < -0.4 is 4.90 Å². The summed E-state index contributed by atoms with van der Waals surface area (Å²) in [4.78, 5) is 49.3. The molecule has 160 valence electrons. The average Bonchev–Trinajstić information content (AvgIpc) is 2.96. The monoisotopic (exact) mass is 421 g/mol. The number of esters is 1. The minimum Gasteiger partial charge on any atom is -0.477 e. The predicted molar refractivity (Wildman–Crippen MR) is 101 cm³/mol. The molecule has 0 bridgehead atoms.